The second-order valence-corrected chi connectivity index (χ2v) is 7.64. The maximum atomic E-state index is 11.7. The van der Waals surface area contributed by atoms with Crippen molar-refractivity contribution in [2.75, 3.05) is 0 Å². The third-order valence-electron chi connectivity index (χ3n) is 3.48. The van der Waals surface area contributed by atoms with E-state index in [4.69, 9.17) is 5.14 Å². The largest absolute Gasteiger partial charge is 0.293 e. The molecule has 108 valence electrons. The number of nitrogens with two attached hydrogens (primary N) is 1. The molecule has 2 N–H and O–H groups in total. The predicted molar refractivity (Wildman–Crippen MR) is 80.5 cm³/mol. The smallest absolute Gasteiger partial charge is 0.273 e. The first-order valence-electron chi connectivity index (χ1n) is 6.51. The van der Waals surface area contributed by atoms with E-state index in [1.807, 2.05) is 30.3 Å². The molecule has 1 fully saturated rings. The first-order chi connectivity index (χ1) is 10.0. The van der Waals surface area contributed by atoms with E-state index in [0.29, 0.717) is 5.82 Å². The normalized spacial score (nSPS) is 15.7. The van der Waals surface area contributed by atoms with Gasteiger partial charge in [0.25, 0.3) is 15.2 Å². The maximum Gasteiger partial charge on any atom is 0.273 e. The minimum Gasteiger partial charge on any atom is -0.293 e. The molecule has 4 rings (SSSR count). The number of sulfonamides is 1. The molecule has 0 aliphatic heterocycles. The number of primary sulfonamides is 1. The number of rotatable bonds is 3. The van der Waals surface area contributed by atoms with Gasteiger partial charge in [0.1, 0.15) is 0 Å². The lowest BCUT2D eigenvalue weighted by Crippen LogP contribution is -2.18. The Morgan fingerprint density at radius 1 is 1.24 bits per heavy atom. The van der Waals surface area contributed by atoms with Crippen LogP contribution in [-0.2, 0) is 10.0 Å². The average molecular weight is 320 g/mol. The Hall–Kier alpha value is -1.77. The molecular weight excluding hydrogens is 308 g/mol. The quantitative estimate of drug-likeness (QED) is 0.800. The standard InChI is InChI=1S/C13H12N4O2S2/c14-21(18,19)13-16-15-12(17(13)9-5-6-9)11-7-8-3-1-2-4-10(8)20-11/h1-4,7,9H,5-6H2,(H2,14,18,19). The third kappa shape index (κ3) is 2.15. The summed E-state index contributed by atoms with van der Waals surface area (Å²) in [5.74, 6) is 0.586. The summed E-state index contributed by atoms with van der Waals surface area (Å²) in [6, 6.07) is 10.1. The predicted octanol–water partition coefficient (Wildman–Crippen LogP) is 2.14. The van der Waals surface area contributed by atoms with Crippen LogP contribution in [0.2, 0.25) is 0 Å². The molecule has 21 heavy (non-hydrogen) atoms. The van der Waals surface area contributed by atoms with Crippen LogP contribution in [0.4, 0.5) is 0 Å². The van der Waals surface area contributed by atoms with E-state index in [1.54, 1.807) is 15.9 Å². The molecule has 2 heterocycles. The van der Waals surface area contributed by atoms with Crippen LogP contribution < -0.4 is 5.14 Å². The van der Waals surface area contributed by atoms with Gasteiger partial charge >= 0.3 is 0 Å². The Labute approximate surface area is 125 Å². The van der Waals surface area contributed by atoms with Gasteiger partial charge in [-0.15, -0.1) is 21.5 Å². The summed E-state index contributed by atoms with van der Waals surface area (Å²) in [7, 11) is -3.86. The van der Waals surface area contributed by atoms with Gasteiger partial charge in [0.2, 0.25) is 0 Å². The highest BCUT2D eigenvalue weighted by Gasteiger charge is 2.33. The fraction of sp³-hybridized carbons (Fsp3) is 0.231. The number of benzene rings is 1. The summed E-state index contributed by atoms with van der Waals surface area (Å²) in [6.45, 7) is 0. The molecule has 1 aliphatic rings. The molecule has 1 aromatic carbocycles. The molecule has 6 nitrogen and oxygen atoms in total. The zero-order valence-electron chi connectivity index (χ0n) is 10.9. The Balaban J connectivity index is 1.94. The van der Waals surface area contributed by atoms with Gasteiger partial charge in [-0.3, -0.25) is 4.57 Å². The summed E-state index contributed by atoms with van der Waals surface area (Å²) in [5, 5.41) is 14.1. The SMILES string of the molecule is NS(=O)(=O)c1nnc(-c2cc3ccccc3s2)n1C1CC1. The summed E-state index contributed by atoms with van der Waals surface area (Å²) >= 11 is 1.57. The molecule has 0 saturated heterocycles. The third-order valence-corrected chi connectivity index (χ3v) is 5.38. The van der Waals surface area contributed by atoms with Crippen LogP contribution in [0.5, 0.6) is 0 Å². The van der Waals surface area contributed by atoms with Gasteiger partial charge < -0.3 is 0 Å². The molecule has 0 spiro atoms. The monoisotopic (exact) mass is 320 g/mol. The molecule has 1 saturated carbocycles. The highest BCUT2D eigenvalue weighted by atomic mass is 32.2. The van der Waals surface area contributed by atoms with Crippen molar-refractivity contribution in [2.24, 2.45) is 5.14 Å². The Morgan fingerprint density at radius 2 is 2.00 bits per heavy atom. The molecule has 0 atom stereocenters. The topological polar surface area (TPSA) is 90.9 Å². The number of hydrogen-bond acceptors (Lipinski definition) is 5. The maximum absolute atomic E-state index is 11.7. The summed E-state index contributed by atoms with van der Waals surface area (Å²) in [5.41, 5.74) is 0. The van der Waals surface area contributed by atoms with E-state index >= 15 is 0 Å². The van der Waals surface area contributed by atoms with E-state index in [-0.39, 0.29) is 11.2 Å². The van der Waals surface area contributed by atoms with Gasteiger partial charge in [0.15, 0.2) is 5.82 Å². The minimum absolute atomic E-state index is 0.133. The molecule has 0 radical (unpaired) electrons. The average Bonchev–Trinajstić information content (AvgIpc) is 3.02. The fourth-order valence-electron chi connectivity index (χ4n) is 2.39. The number of aromatic nitrogens is 3. The molecule has 0 amide bonds. The van der Waals surface area contributed by atoms with Crippen LogP contribution in [0, 0.1) is 0 Å². The van der Waals surface area contributed by atoms with Gasteiger partial charge in [-0.2, -0.15) is 0 Å². The summed E-state index contributed by atoms with van der Waals surface area (Å²) in [4.78, 5) is 0.908. The van der Waals surface area contributed by atoms with Crippen molar-refractivity contribution in [3.05, 3.63) is 30.3 Å². The molecular formula is C13H12N4O2S2. The van der Waals surface area contributed by atoms with Gasteiger partial charge in [-0.25, -0.2) is 13.6 Å². The molecule has 1 aliphatic carbocycles. The zero-order chi connectivity index (χ0) is 14.6. The minimum atomic E-state index is -3.86. The van der Waals surface area contributed by atoms with E-state index in [0.717, 1.165) is 27.8 Å². The van der Waals surface area contributed by atoms with Crippen LogP contribution in [-0.4, -0.2) is 23.2 Å². The van der Waals surface area contributed by atoms with E-state index in [1.165, 1.54) is 0 Å². The van der Waals surface area contributed by atoms with Crippen molar-refractivity contribution in [1.82, 2.24) is 14.8 Å². The summed E-state index contributed by atoms with van der Waals surface area (Å²) in [6.07, 6.45) is 1.86. The van der Waals surface area contributed by atoms with Crippen molar-refractivity contribution in [3.8, 4) is 10.7 Å². The Kier molecular flexibility index (Phi) is 2.69. The van der Waals surface area contributed by atoms with Crippen molar-refractivity contribution in [3.63, 3.8) is 0 Å². The molecule has 0 bridgehead atoms. The van der Waals surface area contributed by atoms with Crippen LogP contribution in [0.1, 0.15) is 18.9 Å². The first kappa shape index (κ1) is 12.9. The highest BCUT2D eigenvalue weighted by Crippen LogP contribution is 2.41. The lowest BCUT2D eigenvalue weighted by molar-refractivity contribution is 0.567. The van der Waals surface area contributed by atoms with E-state index < -0.39 is 10.0 Å². The van der Waals surface area contributed by atoms with Crippen LogP contribution >= 0.6 is 11.3 Å². The molecule has 2 aromatic heterocycles. The van der Waals surface area contributed by atoms with Crippen molar-refractivity contribution in [1.29, 1.82) is 0 Å². The van der Waals surface area contributed by atoms with Gasteiger partial charge in [0.05, 0.1) is 4.88 Å². The molecule has 0 unspecified atom stereocenters. The molecule has 3 aromatic rings. The fourth-order valence-corrected chi connectivity index (χ4v) is 4.10. The van der Waals surface area contributed by atoms with Gasteiger partial charge in [-0.05, 0) is 30.4 Å². The van der Waals surface area contributed by atoms with Gasteiger partial charge in [0, 0.05) is 10.7 Å². The second kappa shape index (κ2) is 4.36. The van der Waals surface area contributed by atoms with E-state index in [9.17, 15) is 8.42 Å². The van der Waals surface area contributed by atoms with Gasteiger partial charge in [-0.1, -0.05) is 18.2 Å². The summed E-state index contributed by atoms with van der Waals surface area (Å²) < 4.78 is 26.1. The van der Waals surface area contributed by atoms with Crippen molar-refractivity contribution < 1.29 is 8.42 Å². The Morgan fingerprint density at radius 3 is 2.67 bits per heavy atom. The number of hydrogen-bond donors (Lipinski definition) is 1. The number of thiophene rings is 1. The number of nitrogens with zero attached hydrogens (tertiary/aromatic N) is 3. The second-order valence-electron chi connectivity index (χ2n) is 5.10. The molecule has 8 heteroatoms. The highest BCUT2D eigenvalue weighted by molar-refractivity contribution is 7.89. The zero-order valence-corrected chi connectivity index (χ0v) is 12.6. The lowest BCUT2D eigenvalue weighted by Gasteiger charge is -2.05. The Bertz CT molecular complexity index is 905. The van der Waals surface area contributed by atoms with Crippen molar-refractivity contribution in [2.45, 2.75) is 24.0 Å². The van der Waals surface area contributed by atoms with Crippen LogP contribution in [0.15, 0.2) is 35.5 Å². The first-order valence-corrected chi connectivity index (χ1v) is 8.87. The van der Waals surface area contributed by atoms with Crippen molar-refractivity contribution >= 4 is 31.4 Å². The van der Waals surface area contributed by atoms with E-state index in [2.05, 4.69) is 10.2 Å². The van der Waals surface area contributed by atoms with Crippen LogP contribution in [0.3, 0.4) is 0 Å². The lowest BCUT2D eigenvalue weighted by atomic mass is 10.2. The van der Waals surface area contributed by atoms with Crippen LogP contribution in [0.25, 0.3) is 20.8 Å². The number of fused-ring (bicyclic) bond motifs is 1.